The van der Waals surface area contributed by atoms with Crippen molar-refractivity contribution in [1.82, 2.24) is 0 Å². The summed E-state index contributed by atoms with van der Waals surface area (Å²) in [7, 11) is -2.00. The Morgan fingerprint density at radius 1 is 1.00 bits per heavy atom. The Labute approximate surface area is 115 Å². The zero-order chi connectivity index (χ0) is 15.0. The third kappa shape index (κ3) is 3.75. The first-order valence-corrected chi connectivity index (χ1v) is 9.40. The fourth-order valence-corrected chi connectivity index (χ4v) is 2.59. The summed E-state index contributed by atoms with van der Waals surface area (Å²) < 4.78 is 11.0. The molecule has 0 aromatic carbocycles. The molecule has 0 aromatic heterocycles. The maximum atomic E-state index is 9.81. The van der Waals surface area contributed by atoms with Crippen LogP contribution in [0.2, 0.25) is 18.1 Å². The number of hydrogen-bond acceptors (Lipinski definition) is 6. The molecule has 0 bridgehead atoms. The minimum Gasteiger partial charge on any atom is -0.414 e. The second-order valence-electron chi connectivity index (χ2n) is 6.61. The molecule has 3 unspecified atom stereocenters. The van der Waals surface area contributed by atoms with Gasteiger partial charge in [-0.15, -0.1) is 0 Å². The standard InChI is InChI=1S/C12H26O6Si/c1-12(2,3)19(4,5)17-6-7-8(13)9(14)10(15)11(16)18-7/h7-11,13-16H,6H2,1-5H3/t7?,8-,9?,10?,11-/m1/s1. The van der Waals surface area contributed by atoms with E-state index in [-0.39, 0.29) is 11.6 Å². The number of hydrogen-bond donors (Lipinski definition) is 4. The van der Waals surface area contributed by atoms with Crippen LogP contribution in [0.25, 0.3) is 0 Å². The molecule has 0 radical (unpaired) electrons. The highest BCUT2D eigenvalue weighted by Gasteiger charge is 2.45. The molecule has 1 aliphatic rings. The van der Waals surface area contributed by atoms with Crippen molar-refractivity contribution in [2.45, 2.75) is 69.6 Å². The summed E-state index contributed by atoms with van der Waals surface area (Å²) in [4.78, 5) is 0. The van der Waals surface area contributed by atoms with Crippen molar-refractivity contribution in [3.63, 3.8) is 0 Å². The van der Waals surface area contributed by atoms with E-state index < -0.39 is 39.0 Å². The van der Waals surface area contributed by atoms with Crippen LogP contribution in [-0.2, 0) is 9.16 Å². The Morgan fingerprint density at radius 2 is 1.53 bits per heavy atom. The van der Waals surface area contributed by atoms with Crippen molar-refractivity contribution in [1.29, 1.82) is 0 Å². The zero-order valence-electron chi connectivity index (χ0n) is 12.2. The van der Waals surface area contributed by atoms with Crippen LogP contribution in [0.5, 0.6) is 0 Å². The summed E-state index contributed by atoms with van der Waals surface area (Å²) in [5.74, 6) is 0. The van der Waals surface area contributed by atoms with E-state index in [2.05, 4.69) is 33.9 Å². The highest BCUT2D eigenvalue weighted by atomic mass is 28.4. The smallest absolute Gasteiger partial charge is 0.192 e. The van der Waals surface area contributed by atoms with E-state index in [9.17, 15) is 20.4 Å². The first kappa shape index (κ1) is 17.0. The normalized spacial score (nSPS) is 37.4. The molecule has 6 nitrogen and oxygen atoms in total. The monoisotopic (exact) mass is 294 g/mol. The second-order valence-corrected chi connectivity index (χ2v) is 11.4. The lowest BCUT2D eigenvalue weighted by molar-refractivity contribution is -0.285. The number of rotatable bonds is 3. The summed E-state index contributed by atoms with van der Waals surface area (Å²) in [5.41, 5.74) is 0. The van der Waals surface area contributed by atoms with Crippen molar-refractivity contribution in [3.8, 4) is 0 Å². The number of ether oxygens (including phenoxy) is 1. The predicted molar refractivity (Wildman–Crippen MR) is 72.0 cm³/mol. The largest absolute Gasteiger partial charge is 0.414 e. The maximum absolute atomic E-state index is 9.81. The van der Waals surface area contributed by atoms with E-state index in [1.165, 1.54) is 0 Å². The molecule has 0 spiro atoms. The minimum atomic E-state index is -2.00. The molecule has 1 rings (SSSR count). The van der Waals surface area contributed by atoms with Crippen LogP contribution in [0.1, 0.15) is 20.8 Å². The van der Waals surface area contributed by atoms with Gasteiger partial charge in [-0.3, -0.25) is 0 Å². The lowest BCUT2D eigenvalue weighted by atomic mass is 10.00. The molecule has 19 heavy (non-hydrogen) atoms. The van der Waals surface area contributed by atoms with Gasteiger partial charge in [0.25, 0.3) is 0 Å². The van der Waals surface area contributed by atoms with Gasteiger partial charge in [-0.25, -0.2) is 0 Å². The van der Waals surface area contributed by atoms with Crippen molar-refractivity contribution in [2.24, 2.45) is 0 Å². The SMILES string of the molecule is CC(C)(C)[Si](C)(C)OCC1O[C@@H](O)C(O)C(O)[C@@H]1O. The van der Waals surface area contributed by atoms with Gasteiger partial charge in [0.05, 0.1) is 6.61 Å². The topological polar surface area (TPSA) is 99.4 Å². The maximum Gasteiger partial charge on any atom is 0.192 e. The van der Waals surface area contributed by atoms with Gasteiger partial charge in [-0.05, 0) is 18.1 Å². The van der Waals surface area contributed by atoms with Crippen LogP contribution in [0.3, 0.4) is 0 Å². The Balaban J connectivity index is 2.63. The van der Waals surface area contributed by atoms with E-state index in [0.717, 1.165) is 0 Å². The van der Waals surface area contributed by atoms with Crippen molar-refractivity contribution >= 4 is 8.32 Å². The van der Waals surface area contributed by atoms with Crippen LogP contribution < -0.4 is 0 Å². The Bertz CT molecular complexity index is 303. The molecule has 4 N–H and O–H groups in total. The van der Waals surface area contributed by atoms with E-state index in [1.807, 2.05) is 0 Å². The van der Waals surface area contributed by atoms with Crippen LogP contribution in [0, 0.1) is 0 Å². The Hall–Kier alpha value is -0.0231. The second kappa shape index (κ2) is 5.77. The average Bonchev–Trinajstić information content (AvgIpc) is 2.28. The summed E-state index contributed by atoms with van der Waals surface area (Å²) in [6, 6.07) is 0. The molecule has 1 heterocycles. The lowest BCUT2D eigenvalue weighted by Gasteiger charge is -2.41. The first-order chi connectivity index (χ1) is 8.47. The summed E-state index contributed by atoms with van der Waals surface area (Å²) in [6.07, 6.45) is -6.56. The van der Waals surface area contributed by atoms with Gasteiger partial charge in [0.1, 0.15) is 24.4 Å². The zero-order valence-corrected chi connectivity index (χ0v) is 13.2. The van der Waals surface area contributed by atoms with Gasteiger partial charge in [0.15, 0.2) is 14.6 Å². The Morgan fingerprint density at radius 3 is 2.00 bits per heavy atom. The number of aliphatic hydroxyl groups excluding tert-OH is 4. The van der Waals surface area contributed by atoms with Crippen molar-refractivity contribution in [3.05, 3.63) is 0 Å². The van der Waals surface area contributed by atoms with Crippen molar-refractivity contribution < 1.29 is 29.6 Å². The Kier molecular flexibility index (Phi) is 5.17. The molecular formula is C12H26O6Si. The fourth-order valence-electron chi connectivity index (χ4n) is 1.58. The van der Waals surface area contributed by atoms with Crippen LogP contribution >= 0.6 is 0 Å². The highest BCUT2D eigenvalue weighted by molar-refractivity contribution is 6.74. The average molecular weight is 294 g/mol. The molecule has 0 aliphatic carbocycles. The number of aliphatic hydroxyl groups is 4. The van der Waals surface area contributed by atoms with Gasteiger partial charge in [-0.2, -0.15) is 0 Å². The summed E-state index contributed by atoms with van der Waals surface area (Å²) in [6.45, 7) is 10.5. The third-order valence-electron chi connectivity index (χ3n) is 4.10. The quantitative estimate of drug-likeness (QED) is 0.538. The summed E-state index contributed by atoms with van der Waals surface area (Å²) in [5, 5.41) is 38.2. The van der Waals surface area contributed by atoms with E-state index in [1.54, 1.807) is 0 Å². The highest BCUT2D eigenvalue weighted by Crippen LogP contribution is 2.37. The minimum absolute atomic E-state index is 0.0172. The van der Waals surface area contributed by atoms with E-state index in [4.69, 9.17) is 9.16 Å². The van der Waals surface area contributed by atoms with Crippen LogP contribution in [-0.4, -0.2) is 66.1 Å². The van der Waals surface area contributed by atoms with Gasteiger partial charge in [0.2, 0.25) is 0 Å². The molecule has 5 atom stereocenters. The van der Waals surface area contributed by atoms with Crippen LogP contribution in [0.4, 0.5) is 0 Å². The van der Waals surface area contributed by atoms with Crippen molar-refractivity contribution in [2.75, 3.05) is 6.61 Å². The summed E-state index contributed by atoms with van der Waals surface area (Å²) >= 11 is 0. The molecule has 114 valence electrons. The third-order valence-corrected chi connectivity index (χ3v) is 8.60. The molecule has 0 amide bonds. The predicted octanol–water partition coefficient (Wildman–Crippen LogP) is -0.192. The van der Waals surface area contributed by atoms with Gasteiger partial charge < -0.3 is 29.6 Å². The van der Waals surface area contributed by atoms with Gasteiger partial charge in [-0.1, -0.05) is 20.8 Å². The molecule has 1 saturated heterocycles. The fraction of sp³-hybridized carbons (Fsp3) is 1.00. The molecule has 0 saturated carbocycles. The van der Waals surface area contributed by atoms with Gasteiger partial charge >= 0.3 is 0 Å². The van der Waals surface area contributed by atoms with Gasteiger partial charge in [0, 0.05) is 0 Å². The molecule has 0 aromatic rings. The molecule has 1 fully saturated rings. The van der Waals surface area contributed by atoms with Crippen LogP contribution in [0.15, 0.2) is 0 Å². The molecular weight excluding hydrogens is 268 g/mol. The van der Waals surface area contributed by atoms with E-state index >= 15 is 0 Å². The lowest BCUT2D eigenvalue weighted by Crippen LogP contribution is -2.59. The van der Waals surface area contributed by atoms with E-state index in [0.29, 0.717) is 0 Å². The first-order valence-electron chi connectivity index (χ1n) is 6.49. The molecule has 1 aliphatic heterocycles. The molecule has 7 heteroatoms.